The lowest BCUT2D eigenvalue weighted by Crippen LogP contribution is -2.11. The van der Waals surface area contributed by atoms with Crippen molar-refractivity contribution in [2.75, 3.05) is 20.8 Å². The highest BCUT2D eigenvalue weighted by Crippen LogP contribution is 2.28. The Morgan fingerprint density at radius 3 is 2.67 bits per heavy atom. The Balaban J connectivity index is 2.74. The van der Waals surface area contributed by atoms with E-state index in [-0.39, 0.29) is 25.0 Å². The predicted octanol–water partition coefficient (Wildman–Crippen LogP) is 1.66. The maximum Gasteiger partial charge on any atom is 0.308 e. The normalized spacial score (nSPS) is 11.8. The number of carbonyl (C=O) groups is 1. The third-order valence-electron chi connectivity index (χ3n) is 2.50. The molecule has 0 spiro atoms. The van der Waals surface area contributed by atoms with Crippen LogP contribution in [0.5, 0.6) is 11.5 Å². The molecule has 0 unspecified atom stereocenters. The molecule has 1 aromatic carbocycles. The molecule has 0 aliphatic heterocycles. The number of esters is 1. The van der Waals surface area contributed by atoms with E-state index in [1.807, 2.05) is 19.1 Å². The molecular weight excluding hydrogens is 234 g/mol. The molecule has 0 amide bonds. The van der Waals surface area contributed by atoms with Gasteiger partial charge in [0.2, 0.25) is 0 Å². The van der Waals surface area contributed by atoms with Gasteiger partial charge in [0.1, 0.15) is 11.5 Å². The van der Waals surface area contributed by atoms with Crippen LogP contribution in [-0.2, 0) is 9.53 Å². The Morgan fingerprint density at radius 2 is 2.11 bits per heavy atom. The van der Waals surface area contributed by atoms with Gasteiger partial charge < -0.3 is 19.9 Å². The van der Waals surface area contributed by atoms with Crippen molar-refractivity contribution in [2.24, 2.45) is 5.73 Å². The standard InChI is InChI=1S/C13H19NO4/c1-9(14)11-5-4-10(16-2)8-12(11)18-7-6-13(15)17-3/h4-5,8-9H,6-7,14H2,1-3H3/t9-/m1/s1. The predicted molar refractivity (Wildman–Crippen MR) is 67.7 cm³/mol. The van der Waals surface area contributed by atoms with Gasteiger partial charge in [-0.25, -0.2) is 0 Å². The van der Waals surface area contributed by atoms with E-state index in [0.29, 0.717) is 11.5 Å². The summed E-state index contributed by atoms with van der Waals surface area (Å²) in [4.78, 5) is 11.0. The van der Waals surface area contributed by atoms with Crippen molar-refractivity contribution < 1.29 is 19.0 Å². The van der Waals surface area contributed by atoms with Crippen LogP contribution < -0.4 is 15.2 Å². The summed E-state index contributed by atoms with van der Waals surface area (Å²) in [5.41, 5.74) is 6.73. The van der Waals surface area contributed by atoms with Gasteiger partial charge in [-0.2, -0.15) is 0 Å². The van der Waals surface area contributed by atoms with Crippen molar-refractivity contribution in [1.82, 2.24) is 0 Å². The smallest absolute Gasteiger partial charge is 0.308 e. The molecule has 0 heterocycles. The monoisotopic (exact) mass is 253 g/mol. The molecule has 0 saturated carbocycles. The fourth-order valence-electron chi connectivity index (χ4n) is 1.49. The lowest BCUT2D eigenvalue weighted by atomic mass is 10.1. The largest absolute Gasteiger partial charge is 0.497 e. The van der Waals surface area contributed by atoms with E-state index in [4.69, 9.17) is 15.2 Å². The zero-order valence-corrected chi connectivity index (χ0v) is 10.9. The molecule has 5 heteroatoms. The molecular formula is C13H19NO4. The Hall–Kier alpha value is -1.75. The summed E-state index contributed by atoms with van der Waals surface area (Å²) in [7, 11) is 2.93. The summed E-state index contributed by atoms with van der Waals surface area (Å²) in [5.74, 6) is 1.01. The second kappa shape index (κ2) is 6.86. The summed E-state index contributed by atoms with van der Waals surface area (Å²) >= 11 is 0. The average Bonchev–Trinajstić information content (AvgIpc) is 2.37. The summed E-state index contributed by atoms with van der Waals surface area (Å²) < 4.78 is 15.2. The van der Waals surface area contributed by atoms with E-state index < -0.39 is 0 Å². The molecule has 1 aromatic rings. The van der Waals surface area contributed by atoms with Gasteiger partial charge in [0.15, 0.2) is 0 Å². The molecule has 0 saturated heterocycles. The molecule has 2 N–H and O–H groups in total. The van der Waals surface area contributed by atoms with Crippen LogP contribution in [-0.4, -0.2) is 26.8 Å². The fourth-order valence-corrected chi connectivity index (χ4v) is 1.49. The van der Waals surface area contributed by atoms with Gasteiger partial charge in [-0.15, -0.1) is 0 Å². The molecule has 0 aliphatic carbocycles. The molecule has 0 radical (unpaired) electrons. The lowest BCUT2D eigenvalue weighted by molar-refractivity contribution is -0.141. The maximum absolute atomic E-state index is 11.0. The third-order valence-corrected chi connectivity index (χ3v) is 2.50. The third kappa shape index (κ3) is 3.92. The highest BCUT2D eigenvalue weighted by Gasteiger charge is 2.10. The van der Waals surface area contributed by atoms with Gasteiger partial charge in [-0.1, -0.05) is 6.07 Å². The minimum absolute atomic E-state index is 0.149. The van der Waals surface area contributed by atoms with E-state index in [2.05, 4.69) is 4.74 Å². The molecule has 0 bridgehead atoms. The number of carbonyl (C=O) groups excluding carboxylic acids is 1. The van der Waals surface area contributed by atoms with E-state index in [1.165, 1.54) is 7.11 Å². The van der Waals surface area contributed by atoms with Gasteiger partial charge >= 0.3 is 5.97 Å². The quantitative estimate of drug-likeness (QED) is 0.781. The minimum Gasteiger partial charge on any atom is -0.497 e. The van der Waals surface area contributed by atoms with Crippen molar-refractivity contribution in [3.63, 3.8) is 0 Å². The molecule has 5 nitrogen and oxygen atoms in total. The Labute approximate surface area is 107 Å². The Bertz CT molecular complexity index is 404. The van der Waals surface area contributed by atoms with Crippen LogP contribution in [0.2, 0.25) is 0 Å². The van der Waals surface area contributed by atoms with Gasteiger partial charge in [-0.3, -0.25) is 4.79 Å². The fraction of sp³-hybridized carbons (Fsp3) is 0.462. The Kier molecular flexibility index (Phi) is 5.45. The molecule has 0 fully saturated rings. The highest BCUT2D eigenvalue weighted by atomic mass is 16.5. The molecule has 0 aromatic heterocycles. The summed E-state index contributed by atoms with van der Waals surface area (Å²) in [6, 6.07) is 5.29. The molecule has 100 valence electrons. The minimum atomic E-state index is -0.305. The first-order valence-corrected chi connectivity index (χ1v) is 5.71. The maximum atomic E-state index is 11.0. The number of nitrogens with two attached hydrogens (primary N) is 1. The number of rotatable bonds is 6. The van der Waals surface area contributed by atoms with E-state index in [9.17, 15) is 4.79 Å². The van der Waals surface area contributed by atoms with Crippen LogP contribution >= 0.6 is 0 Å². The molecule has 1 atom stereocenters. The van der Waals surface area contributed by atoms with E-state index in [0.717, 1.165) is 5.56 Å². The van der Waals surface area contributed by atoms with Crippen LogP contribution in [0, 0.1) is 0 Å². The Morgan fingerprint density at radius 1 is 1.39 bits per heavy atom. The molecule has 1 rings (SSSR count). The lowest BCUT2D eigenvalue weighted by Gasteiger charge is -2.14. The summed E-state index contributed by atoms with van der Waals surface area (Å²) in [6.07, 6.45) is 0.200. The van der Waals surface area contributed by atoms with Crippen molar-refractivity contribution >= 4 is 5.97 Å². The first kappa shape index (κ1) is 14.3. The number of methoxy groups -OCH3 is 2. The topological polar surface area (TPSA) is 70.8 Å². The molecule has 18 heavy (non-hydrogen) atoms. The van der Waals surface area contributed by atoms with Gasteiger partial charge in [0.05, 0.1) is 27.2 Å². The number of hydrogen-bond donors (Lipinski definition) is 1. The zero-order chi connectivity index (χ0) is 13.5. The first-order valence-electron chi connectivity index (χ1n) is 5.71. The zero-order valence-electron chi connectivity index (χ0n) is 10.9. The second-order valence-electron chi connectivity index (χ2n) is 3.87. The number of ether oxygens (including phenoxy) is 3. The summed E-state index contributed by atoms with van der Waals surface area (Å²) in [6.45, 7) is 2.12. The SMILES string of the molecule is COC(=O)CCOc1cc(OC)ccc1[C@@H](C)N. The van der Waals surface area contributed by atoms with Crippen LogP contribution in [0.25, 0.3) is 0 Å². The number of hydrogen-bond acceptors (Lipinski definition) is 5. The van der Waals surface area contributed by atoms with Crippen molar-refractivity contribution in [3.05, 3.63) is 23.8 Å². The van der Waals surface area contributed by atoms with Crippen molar-refractivity contribution in [1.29, 1.82) is 0 Å². The average molecular weight is 253 g/mol. The van der Waals surface area contributed by atoms with Crippen molar-refractivity contribution in [3.8, 4) is 11.5 Å². The van der Waals surface area contributed by atoms with Crippen LogP contribution in [0.3, 0.4) is 0 Å². The van der Waals surface area contributed by atoms with Crippen LogP contribution in [0.4, 0.5) is 0 Å². The second-order valence-corrected chi connectivity index (χ2v) is 3.87. The highest BCUT2D eigenvalue weighted by molar-refractivity contribution is 5.69. The van der Waals surface area contributed by atoms with Crippen molar-refractivity contribution in [2.45, 2.75) is 19.4 Å². The van der Waals surface area contributed by atoms with Crippen LogP contribution in [0.1, 0.15) is 24.9 Å². The first-order chi connectivity index (χ1) is 8.58. The molecule has 0 aliphatic rings. The van der Waals surface area contributed by atoms with Gasteiger partial charge in [0, 0.05) is 17.7 Å². The van der Waals surface area contributed by atoms with E-state index >= 15 is 0 Å². The van der Waals surface area contributed by atoms with Gasteiger partial charge in [0.25, 0.3) is 0 Å². The summed E-state index contributed by atoms with van der Waals surface area (Å²) in [5, 5.41) is 0. The number of benzene rings is 1. The van der Waals surface area contributed by atoms with Crippen LogP contribution in [0.15, 0.2) is 18.2 Å². The van der Waals surface area contributed by atoms with Gasteiger partial charge in [-0.05, 0) is 13.0 Å². The van der Waals surface area contributed by atoms with E-state index in [1.54, 1.807) is 13.2 Å².